The van der Waals surface area contributed by atoms with Crippen LogP contribution in [0.2, 0.25) is 0 Å². The molecule has 8 nitrogen and oxygen atoms in total. The second kappa shape index (κ2) is 7.53. The maximum absolute atomic E-state index is 12.3. The van der Waals surface area contributed by atoms with Crippen LogP contribution in [0.5, 0.6) is 0 Å². The molecule has 1 aromatic heterocycles. The number of amidine groups is 3. The third-order valence-electron chi connectivity index (χ3n) is 4.55. The molecule has 1 saturated carbocycles. The molecule has 1 aromatic rings. The smallest absolute Gasteiger partial charge is 0.283 e. The van der Waals surface area contributed by atoms with Gasteiger partial charge in [-0.2, -0.15) is 9.39 Å². The Labute approximate surface area is 171 Å². The van der Waals surface area contributed by atoms with E-state index in [-0.39, 0.29) is 21.7 Å². The molecule has 11 heteroatoms. The summed E-state index contributed by atoms with van der Waals surface area (Å²) >= 11 is 2.46. The van der Waals surface area contributed by atoms with Gasteiger partial charge in [0.1, 0.15) is 11.6 Å². The summed E-state index contributed by atoms with van der Waals surface area (Å²) in [6.07, 6.45) is 8.53. The number of rotatable bonds is 3. The summed E-state index contributed by atoms with van der Waals surface area (Å²) in [5.74, 6) is -0.469. The molecular formula is C17H18N4O4S3. The van der Waals surface area contributed by atoms with E-state index in [9.17, 15) is 13.2 Å². The van der Waals surface area contributed by atoms with E-state index < -0.39 is 15.7 Å². The summed E-state index contributed by atoms with van der Waals surface area (Å²) in [7, 11) is -3.66. The van der Waals surface area contributed by atoms with Gasteiger partial charge < -0.3 is 4.42 Å². The monoisotopic (exact) mass is 438 g/mol. The van der Waals surface area contributed by atoms with Gasteiger partial charge in [-0.25, -0.2) is 13.3 Å². The molecule has 0 unspecified atom stereocenters. The van der Waals surface area contributed by atoms with Gasteiger partial charge in [-0.3, -0.25) is 10.2 Å². The van der Waals surface area contributed by atoms with Crippen molar-refractivity contribution in [2.24, 2.45) is 9.39 Å². The normalized spacial score (nSPS) is 22.5. The SMILES string of the molecule is CS(=O)(=O)C1=NSC2=NC(=O)/C(=C\c3ccc(SC4CCCCC4)o3)C(=N)N21. The highest BCUT2D eigenvalue weighted by molar-refractivity contribution is 8.16. The third kappa shape index (κ3) is 3.83. The van der Waals surface area contributed by atoms with E-state index in [0.29, 0.717) is 11.0 Å². The molecule has 1 amide bonds. The Morgan fingerprint density at radius 2 is 2.07 bits per heavy atom. The van der Waals surface area contributed by atoms with Gasteiger partial charge in [0.25, 0.3) is 5.91 Å². The summed E-state index contributed by atoms with van der Waals surface area (Å²) < 4.78 is 33.5. The highest BCUT2D eigenvalue weighted by atomic mass is 32.2. The van der Waals surface area contributed by atoms with Gasteiger partial charge in [-0.1, -0.05) is 31.0 Å². The minimum atomic E-state index is -3.66. The molecule has 1 fully saturated rings. The first-order chi connectivity index (χ1) is 13.3. The highest BCUT2D eigenvalue weighted by Crippen LogP contribution is 2.35. The van der Waals surface area contributed by atoms with E-state index in [2.05, 4.69) is 9.39 Å². The number of sulfone groups is 1. The van der Waals surface area contributed by atoms with Crippen molar-refractivity contribution in [2.45, 2.75) is 42.4 Å². The number of nitrogens with zero attached hydrogens (tertiary/aromatic N) is 3. The number of aliphatic imine (C=N–C) groups is 1. The van der Waals surface area contributed by atoms with Gasteiger partial charge in [0, 0.05) is 11.5 Å². The van der Waals surface area contributed by atoms with Crippen molar-refractivity contribution in [3.05, 3.63) is 23.5 Å². The van der Waals surface area contributed by atoms with Gasteiger partial charge in [-0.15, -0.1) is 0 Å². The predicted octanol–water partition coefficient (Wildman–Crippen LogP) is 3.33. The van der Waals surface area contributed by atoms with E-state index in [1.165, 1.54) is 38.2 Å². The number of hydrogen-bond acceptors (Lipinski definition) is 8. The molecule has 1 N–H and O–H groups in total. The van der Waals surface area contributed by atoms with E-state index >= 15 is 0 Å². The summed E-state index contributed by atoms with van der Waals surface area (Å²) in [5.41, 5.74) is -0.0360. The quantitative estimate of drug-likeness (QED) is 0.568. The molecule has 3 heterocycles. The number of nitrogens with one attached hydrogen (secondary N) is 1. The van der Waals surface area contributed by atoms with Crippen molar-refractivity contribution in [1.82, 2.24) is 4.90 Å². The lowest BCUT2D eigenvalue weighted by Gasteiger charge is -2.23. The van der Waals surface area contributed by atoms with Crippen molar-refractivity contribution >= 4 is 61.7 Å². The minimum absolute atomic E-state index is 0.0360. The topological polar surface area (TPSA) is 116 Å². The molecule has 0 spiro atoms. The molecule has 0 atom stereocenters. The van der Waals surface area contributed by atoms with Crippen molar-refractivity contribution < 1.29 is 17.6 Å². The van der Waals surface area contributed by atoms with E-state index in [1.807, 2.05) is 6.07 Å². The highest BCUT2D eigenvalue weighted by Gasteiger charge is 2.41. The zero-order valence-electron chi connectivity index (χ0n) is 15.0. The maximum atomic E-state index is 12.3. The lowest BCUT2D eigenvalue weighted by Crippen LogP contribution is -2.45. The molecule has 1 aliphatic carbocycles. The Bertz CT molecular complexity index is 1030. The van der Waals surface area contributed by atoms with Gasteiger partial charge in [0.2, 0.25) is 20.2 Å². The first-order valence-electron chi connectivity index (χ1n) is 8.78. The summed E-state index contributed by atoms with van der Waals surface area (Å²) in [4.78, 5) is 17.3. The standard InChI is InChI=1S/C17H18N4O4S3/c1-28(23,24)17-20-27-16-19-15(22)12(14(18)21(16)17)9-10-7-8-13(25-10)26-11-5-3-2-4-6-11/h7-9,11,18H,2-6H2,1H3/b12-9-,18-14?. The van der Waals surface area contributed by atoms with Crippen molar-refractivity contribution in [2.75, 3.05) is 6.26 Å². The fourth-order valence-corrected chi connectivity index (χ4v) is 6.24. The number of carbonyl (C=O) groups is 1. The minimum Gasteiger partial charge on any atom is -0.450 e. The third-order valence-corrected chi connectivity index (χ3v) is 7.56. The number of hydrogen-bond donors (Lipinski definition) is 1. The fourth-order valence-electron chi connectivity index (χ4n) is 3.20. The van der Waals surface area contributed by atoms with Crippen LogP contribution in [0, 0.1) is 5.41 Å². The van der Waals surface area contributed by atoms with Crippen molar-refractivity contribution in [1.29, 1.82) is 5.41 Å². The molecule has 2 aliphatic heterocycles. The van der Waals surface area contributed by atoms with Crippen molar-refractivity contribution in [3.8, 4) is 0 Å². The van der Waals surface area contributed by atoms with Crippen LogP contribution in [0.25, 0.3) is 6.08 Å². The fraction of sp³-hybridized carbons (Fsp3) is 0.412. The Kier molecular flexibility index (Phi) is 5.23. The largest absolute Gasteiger partial charge is 0.450 e. The average Bonchev–Trinajstić information content (AvgIpc) is 3.26. The van der Waals surface area contributed by atoms with Crippen LogP contribution in [0.4, 0.5) is 0 Å². The molecule has 0 radical (unpaired) electrons. The van der Waals surface area contributed by atoms with Crippen LogP contribution < -0.4 is 0 Å². The summed E-state index contributed by atoms with van der Waals surface area (Å²) in [6.45, 7) is 0. The molecule has 148 valence electrons. The number of carbonyl (C=O) groups excluding carboxylic acids is 1. The van der Waals surface area contributed by atoms with Crippen LogP contribution >= 0.6 is 23.7 Å². The molecule has 4 rings (SSSR count). The van der Waals surface area contributed by atoms with Crippen molar-refractivity contribution in [3.63, 3.8) is 0 Å². The lowest BCUT2D eigenvalue weighted by molar-refractivity contribution is -0.114. The van der Waals surface area contributed by atoms with Gasteiger partial charge in [0.05, 0.1) is 17.5 Å². The van der Waals surface area contributed by atoms with Crippen LogP contribution in [-0.2, 0) is 14.6 Å². The first kappa shape index (κ1) is 19.5. The maximum Gasteiger partial charge on any atom is 0.283 e. The molecule has 0 aromatic carbocycles. The molecule has 28 heavy (non-hydrogen) atoms. The second-order valence-corrected chi connectivity index (χ2v) is 10.7. The number of thioether (sulfide) groups is 1. The van der Waals surface area contributed by atoms with Gasteiger partial charge >= 0.3 is 0 Å². The van der Waals surface area contributed by atoms with E-state index in [4.69, 9.17) is 9.83 Å². The Hall–Kier alpha value is -1.85. The first-order valence-corrected chi connectivity index (χ1v) is 12.3. The van der Waals surface area contributed by atoms with Crippen LogP contribution in [-0.4, -0.2) is 46.9 Å². The van der Waals surface area contributed by atoms with Crippen LogP contribution in [0.1, 0.15) is 37.9 Å². The average molecular weight is 439 g/mol. The molecule has 3 aliphatic rings. The molecular weight excluding hydrogens is 420 g/mol. The predicted molar refractivity (Wildman–Crippen MR) is 111 cm³/mol. The van der Waals surface area contributed by atoms with Crippen LogP contribution in [0.15, 0.2) is 36.6 Å². The van der Waals surface area contributed by atoms with Crippen LogP contribution in [0.3, 0.4) is 0 Å². The van der Waals surface area contributed by atoms with Gasteiger partial charge in [-0.05, 0) is 31.1 Å². The molecule has 0 saturated heterocycles. The molecule has 0 bridgehead atoms. The second-order valence-electron chi connectivity index (χ2n) is 6.71. The summed E-state index contributed by atoms with van der Waals surface area (Å²) in [6, 6.07) is 3.59. The number of amides is 1. The number of fused-ring (bicyclic) bond motifs is 1. The lowest BCUT2D eigenvalue weighted by atomic mass is 10.0. The van der Waals surface area contributed by atoms with E-state index in [0.717, 1.165) is 28.2 Å². The zero-order chi connectivity index (χ0) is 19.9. The van der Waals surface area contributed by atoms with Gasteiger partial charge in [0.15, 0.2) is 5.09 Å². The Morgan fingerprint density at radius 1 is 1.32 bits per heavy atom. The number of furan rings is 1. The summed E-state index contributed by atoms with van der Waals surface area (Å²) in [5, 5.41) is 9.41. The van der Waals surface area contributed by atoms with E-state index in [1.54, 1.807) is 17.8 Å². The zero-order valence-corrected chi connectivity index (χ0v) is 17.5. The Morgan fingerprint density at radius 3 is 2.79 bits per heavy atom. The Balaban J connectivity index is 1.57.